The summed E-state index contributed by atoms with van der Waals surface area (Å²) < 4.78 is 7.04. The SMILES string of the molecule is CCC(C1CCCCC1)C(C)(C)OC(C)(C)C(CC)C1CCCCC1. The van der Waals surface area contributed by atoms with Crippen molar-refractivity contribution in [2.45, 2.75) is 130 Å². The molecule has 2 aliphatic carbocycles. The van der Waals surface area contributed by atoms with Gasteiger partial charge in [-0.1, -0.05) is 90.9 Å². The first kappa shape index (κ1) is 21.3. The van der Waals surface area contributed by atoms with Gasteiger partial charge in [0.25, 0.3) is 0 Å². The Labute approximate surface area is 158 Å². The number of ether oxygens (including phenoxy) is 1. The van der Waals surface area contributed by atoms with E-state index in [2.05, 4.69) is 41.5 Å². The van der Waals surface area contributed by atoms with Crippen LogP contribution in [0.4, 0.5) is 0 Å². The van der Waals surface area contributed by atoms with E-state index in [1.807, 2.05) is 0 Å². The maximum Gasteiger partial charge on any atom is 0.0664 e. The van der Waals surface area contributed by atoms with E-state index in [-0.39, 0.29) is 11.2 Å². The van der Waals surface area contributed by atoms with Crippen molar-refractivity contribution in [2.24, 2.45) is 23.7 Å². The molecular formula is C24H46O. The molecule has 0 bridgehead atoms. The molecule has 0 heterocycles. The molecule has 148 valence electrons. The van der Waals surface area contributed by atoms with Crippen LogP contribution in [0, 0.1) is 23.7 Å². The minimum atomic E-state index is -0.0116. The van der Waals surface area contributed by atoms with E-state index in [1.165, 1.54) is 77.0 Å². The highest BCUT2D eigenvalue weighted by Crippen LogP contribution is 2.45. The molecular weight excluding hydrogens is 304 g/mol. The van der Waals surface area contributed by atoms with Gasteiger partial charge < -0.3 is 4.74 Å². The zero-order chi connectivity index (χ0) is 18.5. The van der Waals surface area contributed by atoms with Crippen molar-refractivity contribution in [3.8, 4) is 0 Å². The first-order valence-corrected chi connectivity index (χ1v) is 11.5. The quantitative estimate of drug-likeness (QED) is 0.434. The van der Waals surface area contributed by atoms with Gasteiger partial charge in [0.15, 0.2) is 0 Å². The smallest absolute Gasteiger partial charge is 0.0664 e. The number of rotatable bonds is 8. The Balaban J connectivity index is 2.08. The van der Waals surface area contributed by atoms with E-state index in [4.69, 9.17) is 4.74 Å². The predicted molar refractivity (Wildman–Crippen MR) is 110 cm³/mol. The summed E-state index contributed by atoms with van der Waals surface area (Å²) in [4.78, 5) is 0. The molecule has 1 heteroatoms. The molecule has 2 fully saturated rings. The summed E-state index contributed by atoms with van der Waals surface area (Å²) >= 11 is 0. The fourth-order valence-electron chi connectivity index (χ4n) is 6.69. The zero-order valence-electron chi connectivity index (χ0n) is 18.2. The van der Waals surface area contributed by atoms with Gasteiger partial charge in [-0.2, -0.15) is 0 Å². The van der Waals surface area contributed by atoms with Crippen LogP contribution in [0.5, 0.6) is 0 Å². The van der Waals surface area contributed by atoms with E-state index in [1.54, 1.807) is 0 Å². The van der Waals surface area contributed by atoms with E-state index >= 15 is 0 Å². The van der Waals surface area contributed by atoms with Crippen LogP contribution in [-0.2, 0) is 4.74 Å². The van der Waals surface area contributed by atoms with Gasteiger partial charge in [0.05, 0.1) is 11.2 Å². The molecule has 0 spiro atoms. The highest BCUT2D eigenvalue weighted by molar-refractivity contribution is 4.92. The molecule has 0 radical (unpaired) electrons. The maximum absolute atomic E-state index is 7.04. The third kappa shape index (κ3) is 5.47. The summed E-state index contributed by atoms with van der Waals surface area (Å²) in [6, 6.07) is 0. The van der Waals surface area contributed by atoms with Crippen LogP contribution < -0.4 is 0 Å². The lowest BCUT2D eigenvalue weighted by atomic mass is 9.69. The third-order valence-corrected chi connectivity index (χ3v) is 7.63. The molecule has 0 aliphatic heterocycles. The van der Waals surface area contributed by atoms with Crippen molar-refractivity contribution in [3.63, 3.8) is 0 Å². The molecule has 0 aromatic heterocycles. The van der Waals surface area contributed by atoms with Gasteiger partial charge >= 0.3 is 0 Å². The Kier molecular flexibility index (Phi) is 7.86. The van der Waals surface area contributed by atoms with Crippen molar-refractivity contribution in [1.82, 2.24) is 0 Å². The van der Waals surface area contributed by atoms with Gasteiger partial charge in [-0.25, -0.2) is 0 Å². The molecule has 0 saturated heterocycles. The topological polar surface area (TPSA) is 9.23 Å². The third-order valence-electron chi connectivity index (χ3n) is 7.63. The lowest BCUT2D eigenvalue weighted by molar-refractivity contribution is -0.192. The first-order valence-electron chi connectivity index (χ1n) is 11.5. The van der Waals surface area contributed by atoms with E-state index in [0.29, 0.717) is 11.8 Å². The van der Waals surface area contributed by atoms with Crippen LogP contribution in [0.25, 0.3) is 0 Å². The van der Waals surface area contributed by atoms with Crippen molar-refractivity contribution in [3.05, 3.63) is 0 Å². The number of hydrogen-bond acceptors (Lipinski definition) is 1. The molecule has 25 heavy (non-hydrogen) atoms. The molecule has 2 unspecified atom stereocenters. The van der Waals surface area contributed by atoms with Crippen LogP contribution in [0.2, 0.25) is 0 Å². The molecule has 2 saturated carbocycles. The monoisotopic (exact) mass is 350 g/mol. The van der Waals surface area contributed by atoms with Gasteiger partial charge in [0, 0.05) is 0 Å². The summed E-state index contributed by atoms with van der Waals surface area (Å²) in [5.74, 6) is 3.16. The van der Waals surface area contributed by atoms with Gasteiger partial charge in [0.1, 0.15) is 0 Å². The molecule has 2 atom stereocenters. The van der Waals surface area contributed by atoms with Gasteiger partial charge in [0.2, 0.25) is 0 Å². The molecule has 0 amide bonds. The van der Waals surface area contributed by atoms with Crippen molar-refractivity contribution >= 4 is 0 Å². The molecule has 2 rings (SSSR count). The van der Waals surface area contributed by atoms with Crippen LogP contribution >= 0.6 is 0 Å². The molecule has 1 nitrogen and oxygen atoms in total. The summed E-state index contributed by atoms with van der Waals surface area (Å²) in [5.41, 5.74) is -0.0231. The average molecular weight is 351 g/mol. The lowest BCUT2D eigenvalue weighted by Crippen LogP contribution is -2.49. The average Bonchev–Trinajstić information content (AvgIpc) is 2.56. The van der Waals surface area contributed by atoms with Crippen molar-refractivity contribution < 1.29 is 4.74 Å². The Morgan fingerprint density at radius 1 is 0.640 bits per heavy atom. The molecule has 0 N–H and O–H groups in total. The normalized spacial score (nSPS) is 24.2. The zero-order valence-corrected chi connectivity index (χ0v) is 18.2. The highest BCUT2D eigenvalue weighted by Gasteiger charge is 2.43. The van der Waals surface area contributed by atoms with Gasteiger partial charge in [-0.3, -0.25) is 0 Å². The second-order valence-corrected chi connectivity index (χ2v) is 10.1. The van der Waals surface area contributed by atoms with Gasteiger partial charge in [-0.15, -0.1) is 0 Å². The first-order chi connectivity index (χ1) is 11.8. The van der Waals surface area contributed by atoms with Crippen LogP contribution in [-0.4, -0.2) is 11.2 Å². The van der Waals surface area contributed by atoms with E-state index in [9.17, 15) is 0 Å². The second kappa shape index (κ2) is 9.25. The summed E-state index contributed by atoms with van der Waals surface area (Å²) in [7, 11) is 0. The standard InChI is InChI=1S/C24H46O/c1-7-21(19-15-11-9-12-16-19)23(3,4)25-24(5,6)22(8-2)20-17-13-10-14-18-20/h19-22H,7-18H2,1-6H3. The second-order valence-electron chi connectivity index (χ2n) is 10.1. The predicted octanol–water partition coefficient (Wildman–Crippen LogP) is 7.77. The van der Waals surface area contributed by atoms with E-state index in [0.717, 1.165) is 11.8 Å². The molecule has 0 aromatic carbocycles. The fraction of sp³-hybridized carbons (Fsp3) is 1.00. The van der Waals surface area contributed by atoms with Crippen molar-refractivity contribution in [1.29, 1.82) is 0 Å². The largest absolute Gasteiger partial charge is 0.369 e. The Morgan fingerprint density at radius 3 is 1.24 bits per heavy atom. The molecule has 2 aliphatic rings. The summed E-state index contributed by atoms with van der Waals surface area (Å²) in [5, 5.41) is 0. The summed E-state index contributed by atoms with van der Waals surface area (Å²) in [6.45, 7) is 14.3. The van der Waals surface area contributed by atoms with Crippen molar-refractivity contribution in [2.75, 3.05) is 0 Å². The van der Waals surface area contributed by atoms with Crippen LogP contribution in [0.15, 0.2) is 0 Å². The van der Waals surface area contributed by atoms with E-state index < -0.39 is 0 Å². The van der Waals surface area contributed by atoms with Gasteiger partial charge in [-0.05, 0) is 51.4 Å². The molecule has 0 aromatic rings. The Morgan fingerprint density at radius 2 is 0.960 bits per heavy atom. The minimum Gasteiger partial charge on any atom is -0.369 e. The Hall–Kier alpha value is -0.0400. The maximum atomic E-state index is 7.04. The lowest BCUT2D eigenvalue weighted by Gasteiger charge is -2.49. The minimum absolute atomic E-state index is 0.0116. The fourth-order valence-corrected chi connectivity index (χ4v) is 6.69. The summed E-state index contributed by atoms with van der Waals surface area (Å²) in [6.07, 6.45) is 16.8. The Bertz CT molecular complexity index is 336. The van der Waals surface area contributed by atoms with Crippen LogP contribution in [0.1, 0.15) is 119 Å². The highest BCUT2D eigenvalue weighted by atomic mass is 16.5. The van der Waals surface area contributed by atoms with Crippen LogP contribution in [0.3, 0.4) is 0 Å². The number of hydrogen-bond donors (Lipinski definition) is 0.